The quantitative estimate of drug-likeness (QED) is 0.110. The third kappa shape index (κ3) is 10.4. The molecule has 0 fully saturated rings. The van der Waals surface area contributed by atoms with Crippen molar-refractivity contribution in [2.45, 2.75) is 38.5 Å². The molecule has 23 aromatic rings. The SMILES string of the molecule is CC1(C)c2c(-c3cccc(-c4c5ccccc5c(-c5ccc6c(ccc7ccccc76)c5)c5ccccc45)c3)cccc2-c2c1c1ccccc1c1ccccc21.CC1(C)c2c(-c3cccc(-c4c5ccccc5c(-c5cccc(-c6cc7ccccc7c7ccccc67)c5)c5ccccc45)c3)cccc2-c2c1c1ccccc1c1ccccc21. The molecule has 0 heterocycles. The Morgan fingerprint density at radius 2 is 0.367 bits per heavy atom. The van der Waals surface area contributed by atoms with E-state index in [2.05, 4.69) is 440 Å². The molecule has 0 radical (unpaired) electrons. The largest absolute Gasteiger partial charge is 0.0616 e. The van der Waals surface area contributed by atoms with E-state index in [9.17, 15) is 0 Å². The Hall–Kier alpha value is -14.8. The summed E-state index contributed by atoms with van der Waals surface area (Å²) in [4.78, 5) is 0. The molecule has 0 nitrogen and oxygen atoms in total. The predicted octanol–water partition coefficient (Wildman–Crippen LogP) is 33.5. The lowest BCUT2D eigenvalue weighted by atomic mass is 9.76. The molecule has 0 heteroatoms. The minimum absolute atomic E-state index is 0.200. The molecule has 0 unspecified atom stereocenters. The van der Waals surface area contributed by atoms with Crippen molar-refractivity contribution in [2.24, 2.45) is 0 Å². The summed E-state index contributed by atoms with van der Waals surface area (Å²) in [6.07, 6.45) is 0. The number of rotatable bonds is 7. The standard InChI is InChI=1S/C63H42.C57H38/c1-63(2)61-45(34-17-35-56(61)60-50-28-9-7-25-47(50)48-26-8-14-33-55(48)62(60)63)39-19-15-21-42(36-39)58-51-29-10-12-31-53(51)59(54-32-13-11-30-52(54)58)43-22-16-20-40(37-43)57-38-41-18-3-4-23-44(41)46-24-5-6-27-49(46)57;1-57(2)55-42(27-14-28-51(55)54-45-21-7-5-19-43(45)44-20-6-12-26-50(44)56(54)57)36-16-13-17-38(33-36)52-46-22-8-10-24-48(46)53(49-25-11-9-23-47(49)52)39-31-32-41-37(34-39)30-29-35-15-3-4-18-40(35)41/h3-38H,1-2H3;3-34H,1-2H3. The van der Waals surface area contributed by atoms with Crippen LogP contribution in [0.15, 0.2) is 413 Å². The van der Waals surface area contributed by atoms with Crippen LogP contribution in [0, 0.1) is 0 Å². The summed E-state index contributed by atoms with van der Waals surface area (Å²) >= 11 is 0. The molecule has 560 valence electrons. The van der Waals surface area contributed by atoms with E-state index in [0.717, 1.165) is 0 Å². The first-order valence-corrected chi connectivity index (χ1v) is 42.3. The van der Waals surface area contributed by atoms with Gasteiger partial charge in [0.2, 0.25) is 0 Å². The predicted molar refractivity (Wildman–Crippen MR) is 516 cm³/mol. The summed E-state index contributed by atoms with van der Waals surface area (Å²) in [5.74, 6) is 0. The van der Waals surface area contributed by atoms with Crippen LogP contribution in [0.2, 0.25) is 0 Å². The van der Waals surface area contributed by atoms with Gasteiger partial charge in [-0.25, -0.2) is 0 Å². The summed E-state index contributed by atoms with van der Waals surface area (Å²) < 4.78 is 0. The van der Waals surface area contributed by atoms with Crippen LogP contribution < -0.4 is 0 Å². The molecule has 0 atom stereocenters. The first-order valence-electron chi connectivity index (χ1n) is 42.3. The van der Waals surface area contributed by atoms with Gasteiger partial charge in [0.05, 0.1) is 0 Å². The third-order valence-corrected chi connectivity index (χ3v) is 27.1. The molecule has 0 amide bonds. The van der Waals surface area contributed by atoms with Crippen LogP contribution in [0.1, 0.15) is 49.9 Å². The molecule has 0 saturated heterocycles. The number of hydrogen-bond acceptors (Lipinski definition) is 0. The fraction of sp³-hybridized carbons (Fsp3) is 0.0500. The number of fused-ring (bicyclic) bond motifs is 26. The molecule has 120 heavy (non-hydrogen) atoms. The van der Waals surface area contributed by atoms with Gasteiger partial charge < -0.3 is 0 Å². The van der Waals surface area contributed by atoms with Crippen molar-refractivity contribution in [3.63, 3.8) is 0 Å². The van der Waals surface area contributed by atoms with E-state index < -0.39 is 0 Å². The second-order valence-electron chi connectivity index (χ2n) is 34.2. The molecular formula is C120H80. The Bertz CT molecular complexity index is 8230. The first kappa shape index (κ1) is 69.5. The minimum Gasteiger partial charge on any atom is -0.0616 e. The normalized spacial score (nSPS) is 13.1. The highest BCUT2D eigenvalue weighted by atomic mass is 14.4. The molecule has 2 aliphatic carbocycles. The maximum Gasteiger partial charge on any atom is 0.0171 e. The molecule has 25 rings (SSSR count). The highest BCUT2D eigenvalue weighted by Crippen LogP contribution is 2.60. The van der Waals surface area contributed by atoms with E-state index >= 15 is 0 Å². The molecule has 0 saturated carbocycles. The second kappa shape index (κ2) is 26.9. The average Bonchev–Trinajstić information content (AvgIpc) is 1.64. The van der Waals surface area contributed by atoms with Crippen molar-refractivity contribution in [1.82, 2.24) is 0 Å². The summed E-state index contributed by atoms with van der Waals surface area (Å²) in [5.41, 5.74) is 28.3. The van der Waals surface area contributed by atoms with Gasteiger partial charge in [0.1, 0.15) is 0 Å². The topological polar surface area (TPSA) is 0 Å². The fourth-order valence-electron chi connectivity index (χ4n) is 22.2. The molecule has 0 bridgehead atoms. The number of benzene rings is 23. The van der Waals surface area contributed by atoms with Gasteiger partial charge in [0.25, 0.3) is 0 Å². The van der Waals surface area contributed by atoms with Crippen molar-refractivity contribution in [3.05, 3.63) is 435 Å². The lowest BCUT2D eigenvalue weighted by Gasteiger charge is -2.26. The summed E-state index contributed by atoms with van der Waals surface area (Å²) in [6.45, 7) is 9.73. The van der Waals surface area contributed by atoms with E-state index in [4.69, 9.17) is 0 Å². The van der Waals surface area contributed by atoms with Crippen LogP contribution >= 0.6 is 0 Å². The summed E-state index contributed by atoms with van der Waals surface area (Å²) in [7, 11) is 0. The fourth-order valence-corrected chi connectivity index (χ4v) is 22.2. The molecule has 23 aromatic carbocycles. The third-order valence-electron chi connectivity index (χ3n) is 27.1. The van der Waals surface area contributed by atoms with Gasteiger partial charge in [-0.1, -0.05) is 410 Å². The summed E-state index contributed by atoms with van der Waals surface area (Å²) in [5, 5.41) is 31.0. The lowest BCUT2D eigenvalue weighted by Crippen LogP contribution is -2.17. The van der Waals surface area contributed by atoms with E-state index in [1.54, 1.807) is 0 Å². The zero-order valence-corrected chi connectivity index (χ0v) is 67.3. The Morgan fingerprint density at radius 1 is 0.125 bits per heavy atom. The first-order chi connectivity index (χ1) is 59.1. The number of hydrogen-bond donors (Lipinski definition) is 0. The zero-order chi connectivity index (χ0) is 79.6. The van der Waals surface area contributed by atoms with Crippen molar-refractivity contribution >= 4 is 129 Å². The molecule has 0 spiro atoms. The van der Waals surface area contributed by atoms with Gasteiger partial charge in [-0.2, -0.15) is 0 Å². The maximum atomic E-state index is 2.45. The van der Waals surface area contributed by atoms with Gasteiger partial charge >= 0.3 is 0 Å². The molecule has 0 aliphatic heterocycles. The van der Waals surface area contributed by atoms with Gasteiger partial charge in [-0.15, -0.1) is 0 Å². The smallest absolute Gasteiger partial charge is 0.0171 e. The Labute approximate surface area is 697 Å². The lowest BCUT2D eigenvalue weighted by molar-refractivity contribution is 0.668. The van der Waals surface area contributed by atoms with E-state index in [1.807, 2.05) is 0 Å². The molecule has 0 aromatic heterocycles. The zero-order valence-electron chi connectivity index (χ0n) is 67.3. The molecule has 0 N–H and O–H groups in total. The van der Waals surface area contributed by atoms with E-state index in [1.165, 1.54) is 252 Å². The van der Waals surface area contributed by atoms with Gasteiger partial charge in [-0.3, -0.25) is 0 Å². The van der Waals surface area contributed by atoms with Crippen LogP contribution in [0.25, 0.3) is 229 Å². The van der Waals surface area contributed by atoms with Crippen LogP contribution in [-0.2, 0) is 10.8 Å². The van der Waals surface area contributed by atoms with Crippen molar-refractivity contribution < 1.29 is 0 Å². The van der Waals surface area contributed by atoms with Gasteiger partial charge in [0.15, 0.2) is 0 Å². The Balaban J connectivity index is 0.000000137. The van der Waals surface area contributed by atoms with Crippen LogP contribution in [-0.4, -0.2) is 0 Å². The Kier molecular flexibility index (Phi) is 15.6. The van der Waals surface area contributed by atoms with E-state index in [-0.39, 0.29) is 10.8 Å². The average molecular weight is 1520 g/mol. The highest BCUT2D eigenvalue weighted by molar-refractivity contribution is 6.26. The van der Waals surface area contributed by atoms with E-state index in [0.29, 0.717) is 0 Å². The van der Waals surface area contributed by atoms with Crippen LogP contribution in [0.4, 0.5) is 0 Å². The van der Waals surface area contributed by atoms with Crippen LogP contribution in [0.5, 0.6) is 0 Å². The molecular weight excluding hydrogens is 1440 g/mol. The summed E-state index contributed by atoms with van der Waals surface area (Å²) in [6, 6.07) is 154. The van der Waals surface area contributed by atoms with Gasteiger partial charge in [-0.05, 0) is 282 Å². The van der Waals surface area contributed by atoms with Gasteiger partial charge in [0, 0.05) is 10.8 Å². The van der Waals surface area contributed by atoms with Crippen molar-refractivity contribution in [1.29, 1.82) is 0 Å². The maximum absolute atomic E-state index is 2.45. The van der Waals surface area contributed by atoms with Crippen molar-refractivity contribution in [2.75, 3.05) is 0 Å². The highest BCUT2D eigenvalue weighted by Gasteiger charge is 2.42. The molecule has 2 aliphatic rings. The second-order valence-corrected chi connectivity index (χ2v) is 34.2. The minimum atomic E-state index is -0.213. The van der Waals surface area contributed by atoms with Crippen LogP contribution in [0.3, 0.4) is 0 Å². The Morgan fingerprint density at radius 3 is 0.758 bits per heavy atom. The van der Waals surface area contributed by atoms with Crippen molar-refractivity contribution in [3.8, 4) is 100 Å². The monoisotopic (exact) mass is 1520 g/mol.